The lowest BCUT2D eigenvalue weighted by Gasteiger charge is -2.32. The van der Waals surface area contributed by atoms with Crippen LogP contribution in [0.25, 0.3) is 16.6 Å². The third kappa shape index (κ3) is 2.78. The predicted octanol–water partition coefficient (Wildman–Crippen LogP) is 4.34. The third-order valence-corrected chi connectivity index (χ3v) is 8.66. The number of rotatable bonds is 2. The number of fused-ring (bicyclic) bond motifs is 8. The highest BCUT2D eigenvalue weighted by Crippen LogP contribution is 2.56. The first-order chi connectivity index (χ1) is 18.3. The van der Waals surface area contributed by atoms with Crippen molar-refractivity contribution in [1.29, 1.82) is 0 Å². The van der Waals surface area contributed by atoms with Gasteiger partial charge in [-0.25, -0.2) is 9.88 Å². The Morgan fingerprint density at radius 3 is 2.47 bits per heavy atom. The third-order valence-electron chi connectivity index (χ3n) is 8.43. The number of nitrogens with zero attached hydrogens (tertiary/aromatic N) is 3. The van der Waals surface area contributed by atoms with E-state index in [2.05, 4.69) is 5.32 Å². The van der Waals surface area contributed by atoms with Crippen molar-refractivity contribution >= 4 is 40.0 Å². The van der Waals surface area contributed by atoms with Crippen molar-refractivity contribution in [3.8, 4) is 5.69 Å². The highest BCUT2D eigenvalue weighted by Gasteiger charge is 2.70. The van der Waals surface area contributed by atoms with E-state index in [0.717, 1.165) is 11.1 Å². The number of para-hydroxylation sites is 2. The van der Waals surface area contributed by atoms with Gasteiger partial charge < -0.3 is 0 Å². The second-order valence-electron chi connectivity index (χ2n) is 10.8. The molecule has 38 heavy (non-hydrogen) atoms. The lowest BCUT2D eigenvalue weighted by Crippen LogP contribution is -2.51. The van der Waals surface area contributed by atoms with E-state index in [4.69, 9.17) is 16.6 Å². The molecule has 7 nitrogen and oxygen atoms in total. The Morgan fingerprint density at radius 2 is 1.68 bits per heavy atom. The summed E-state index contributed by atoms with van der Waals surface area (Å²) in [6.07, 6.45) is 0. The van der Waals surface area contributed by atoms with Gasteiger partial charge in [0.1, 0.15) is 11.4 Å². The van der Waals surface area contributed by atoms with Crippen LogP contribution in [-0.4, -0.2) is 27.4 Å². The Balaban J connectivity index is 1.54. The molecule has 0 saturated carbocycles. The van der Waals surface area contributed by atoms with Crippen LogP contribution in [0.15, 0.2) is 71.5 Å². The maximum atomic E-state index is 14.5. The molecule has 3 aliphatic rings. The SMILES string of the molecule is Cc1ccc(Cl)cc1N1C(=O)[C@H]2[C@H](C(C)C)N[C@@]3(c4ccccc4-n4c3nc3ccccc3c4=O)[C@H]2C1=O. The fourth-order valence-corrected chi connectivity index (χ4v) is 6.95. The molecule has 4 atom stereocenters. The maximum Gasteiger partial charge on any atom is 0.266 e. The van der Waals surface area contributed by atoms with Crippen molar-refractivity contribution in [1.82, 2.24) is 14.9 Å². The largest absolute Gasteiger partial charge is 0.296 e. The van der Waals surface area contributed by atoms with Gasteiger partial charge >= 0.3 is 0 Å². The van der Waals surface area contributed by atoms with Crippen LogP contribution in [0, 0.1) is 24.7 Å². The zero-order valence-electron chi connectivity index (χ0n) is 21.1. The van der Waals surface area contributed by atoms with Crippen LogP contribution >= 0.6 is 11.6 Å². The molecule has 1 N–H and O–H groups in total. The van der Waals surface area contributed by atoms with Crippen molar-refractivity contribution in [3.05, 3.63) is 99.1 Å². The minimum atomic E-state index is -1.15. The number of hydrogen-bond donors (Lipinski definition) is 1. The van der Waals surface area contributed by atoms with Crippen LogP contribution in [0.5, 0.6) is 0 Å². The molecule has 1 spiro atoms. The van der Waals surface area contributed by atoms with Crippen molar-refractivity contribution in [2.45, 2.75) is 32.4 Å². The molecule has 3 aliphatic heterocycles. The Morgan fingerprint density at radius 1 is 0.947 bits per heavy atom. The molecule has 1 aromatic heterocycles. The normalized spacial score (nSPS) is 25.5. The molecule has 0 radical (unpaired) electrons. The maximum absolute atomic E-state index is 14.5. The monoisotopic (exact) mass is 524 g/mol. The molecular formula is C30H25ClN4O3. The van der Waals surface area contributed by atoms with Gasteiger partial charge in [-0.15, -0.1) is 0 Å². The number of benzene rings is 3. The molecule has 0 aliphatic carbocycles. The van der Waals surface area contributed by atoms with E-state index < -0.39 is 17.4 Å². The van der Waals surface area contributed by atoms with Crippen molar-refractivity contribution in [2.24, 2.45) is 17.8 Å². The number of amides is 2. The summed E-state index contributed by atoms with van der Waals surface area (Å²) in [6, 6.07) is 19.7. The number of halogens is 1. The van der Waals surface area contributed by atoms with Gasteiger partial charge in [0, 0.05) is 16.6 Å². The van der Waals surface area contributed by atoms with Gasteiger partial charge in [-0.1, -0.05) is 61.8 Å². The molecule has 190 valence electrons. The first kappa shape index (κ1) is 23.3. The molecule has 2 saturated heterocycles. The second kappa shape index (κ2) is 7.85. The topological polar surface area (TPSA) is 84.3 Å². The highest BCUT2D eigenvalue weighted by atomic mass is 35.5. The van der Waals surface area contributed by atoms with E-state index in [1.807, 2.05) is 69.3 Å². The number of aromatic nitrogens is 2. The Labute approximate surface area is 224 Å². The fourth-order valence-electron chi connectivity index (χ4n) is 6.79. The molecule has 7 rings (SSSR count). The number of carbonyl (C=O) groups is 2. The van der Waals surface area contributed by atoms with Crippen LogP contribution in [-0.2, 0) is 15.1 Å². The summed E-state index contributed by atoms with van der Waals surface area (Å²) < 4.78 is 1.62. The van der Waals surface area contributed by atoms with Crippen LogP contribution in [0.4, 0.5) is 5.69 Å². The lowest BCUT2D eigenvalue weighted by atomic mass is 9.75. The molecule has 4 aromatic rings. The zero-order chi connectivity index (χ0) is 26.5. The Bertz CT molecular complexity index is 1760. The van der Waals surface area contributed by atoms with E-state index in [-0.39, 0.29) is 29.3 Å². The summed E-state index contributed by atoms with van der Waals surface area (Å²) in [5.74, 6) is -1.51. The van der Waals surface area contributed by atoms with Gasteiger partial charge in [-0.2, -0.15) is 0 Å². The van der Waals surface area contributed by atoms with E-state index in [9.17, 15) is 14.4 Å². The van der Waals surface area contributed by atoms with Gasteiger partial charge in [-0.3, -0.25) is 24.3 Å². The van der Waals surface area contributed by atoms with Gasteiger partial charge in [0.2, 0.25) is 11.8 Å². The number of hydrogen-bond acceptors (Lipinski definition) is 5. The summed E-state index contributed by atoms with van der Waals surface area (Å²) in [5, 5.41) is 4.67. The number of carbonyl (C=O) groups excluding carboxylic acids is 2. The molecule has 8 heteroatoms. The van der Waals surface area contributed by atoms with Crippen LogP contribution < -0.4 is 15.8 Å². The van der Waals surface area contributed by atoms with Crippen molar-refractivity contribution in [3.63, 3.8) is 0 Å². The summed E-state index contributed by atoms with van der Waals surface area (Å²) in [4.78, 5) is 48.8. The Kier molecular flexibility index (Phi) is 4.82. The molecule has 2 fully saturated rings. The van der Waals surface area contributed by atoms with Gasteiger partial charge in [0.05, 0.1) is 34.1 Å². The van der Waals surface area contributed by atoms with Crippen molar-refractivity contribution in [2.75, 3.05) is 4.90 Å². The van der Waals surface area contributed by atoms with E-state index >= 15 is 0 Å². The Hall–Kier alpha value is -3.81. The number of nitrogens with one attached hydrogen (secondary N) is 1. The quantitative estimate of drug-likeness (QED) is 0.394. The number of anilines is 1. The van der Waals surface area contributed by atoms with E-state index in [1.165, 1.54) is 4.90 Å². The number of aryl methyl sites for hydroxylation is 1. The minimum Gasteiger partial charge on any atom is -0.296 e. The van der Waals surface area contributed by atoms with Crippen LogP contribution in [0.1, 0.15) is 30.8 Å². The molecule has 4 heterocycles. The summed E-state index contributed by atoms with van der Waals surface area (Å²) >= 11 is 6.31. The number of imide groups is 1. The van der Waals surface area contributed by atoms with Gasteiger partial charge in [0.25, 0.3) is 5.56 Å². The summed E-state index contributed by atoms with van der Waals surface area (Å²) in [5.41, 5.74) is 1.96. The van der Waals surface area contributed by atoms with Crippen molar-refractivity contribution < 1.29 is 9.59 Å². The molecule has 0 bridgehead atoms. The standard InChI is InChI=1S/C30H25ClN4O3/c1-15(2)25-23-24(28(38)34(27(23)37)22-14-17(31)13-12-16(22)3)30(33-25)19-9-5-7-11-21(19)35-26(36)18-8-4-6-10-20(18)32-29(30)35/h4-15,23-25,33H,1-3H3/t23-,24-,25+,30+/m1/s1. The molecule has 0 unspecified atom stereocenters. The lowest BCUT2D eigenvalue weighted by molar-refractivity contribution is -0.123. The first-order valence-corrected chi connectivity index (χ1v) is 13.2. The second-order valence-corrected chi connectivity index (χ2v) is 11.2. The molecule has 2 amide bonds. The van der Waals surface area contributed by atoms with E-state index in [1.54, 1.807) is 22.8 Å². The zero-order valence-corrected chi connectivity index (χ0v) is 21.9. The average molecular weight is 525 g/mol. The fraction of sp³-hybridized carbons (Fsp3) is 0.267. The summed E-state index contributed by atoms with van der Waals surface area (Å²) in [7, 11) is 0. The van der Waals surface area contributed by atoms with Gasteiger partial charge in [0.15, 0.2) is 0 Å². The first-order valence-electron chi connectivity index (χ1n) is 12.8. The molecular weight excluding hydrogens is 500 g/mol. The average Bonchev–Trinajstić information content (AvgIpc) is 3.50. The molecule has 3 aromatic carbocycles. The highest BCUT2D eigenvalue weighted by molar-refractivity contribution is 6.31. The van der Waals surface area contributed by atoms with E-state index in [0.29, 0.717) is 33.1 Å². The predicted molar refractivity (Wildman–Crippen MR) is 146 cm³/mol. The minimum absolute atomic E-state index is 0.0347. The van der Waals surface area contributed by atoms with Gasteiger partial charge in [-0.05, 0) is 48.7 Å². The smallest absolute Gasteiger partial charge is 0.266 e. The summed E-state index contributed by atoms with van der Waals surface area (Å²) in [6.45, 7) is 5.95. The van der Waals surface area contributed by atoms with Crippen LogP contribution in [0.2, 0.25) is 5.02 Å². The van der Waals surface area contributed by atoms with Crippen LogP contribution in [0.3, 0.4) is 0 Å².